The van der Waals surface area contributed by atoms with E-state index in [2.05, 4.69) is 10.6 Å². The molecule has 0 aromatic heterocycles. The van der Waals surface area contributed by atoms with Gasteiger partial charge in [0.25, 0.3) is 17.6 Å². The van der Waals surface area contributed by atoms with E-state index in [9.17, 15) is 23.2 Å². The number of esters is 1. The van der Waals surface area contributed by atoms with Crippen LogP contribution in [0.3, 0.4) is 0 Å². The van der Waals surface area contributed by atoms with Crippen LogP contribution < -0.4 is 10.6 Å². The van der Waals surface area contributed by atoms with Gasteiger partial charge in [0.2, 0.25) is 0 Å². The van der Waals surface area contributed by atoms with E-state index in [1.54, 1.807) is 18.2 Å². The first kappa shape index (κ1) is 21.4. The van der Waals surface area contributed by atoms with Gasteiger partial charge in [-0.2, -0.15) is 8.78 Å². The topological polar surface area (TPSA) is 84.5 Å². The van der Waals surface area contributed by atoms with E-state index in [0.717, 1.165) is 5.56 Å². The third kappa shape index (κ3) is 7.36. The van der Waals surface area contributed by atoms with Crippen LogP contribution in [0.2, 0.25) is 0 Å². The highest BCUT2D eigenvalue weighted by atomic mass is 32.2. The Labute approximate surface area is 164 Å². The highest BCUT2D eigenvalue weighted by Crippen LogP contribution is 2.26. The molecule has 0 atom stereocenters. The largest absolute Gasteiger partial charge is 0.454 e. The summed E-state index contributed by atoms with van der Waals surface area (Å²) in [5.74, 6) is -4.30. The number of hydrogen-bond donors (Lipinski definition) is 2. The molecule has 148 valence electrons. The normalized spacial score (nSPS) is 10.4. The smallest absolute Gasteiger partial charge is 0.325 e. The molecular weight excluding hydrogens is 390 g/mol. The summed E-state index contributed by atoms with van der Waals surface area (Å²) >= 11 is 0.397. The average molecular weight is 408 g/mol. The number of alkyl halides is 2. The molecule has 2 rings (SSSR count). The van der Waals surface area contributed by atoms with Gasteiger partial charge < -0.3 is 15.4 Å². The summed E-state index contributed by atoms with van der Waals surface area (Å²) < 4.78 is 29.3. The van der Waals surface area contributed by atoms with Crippen molar-refractivity contribution in [3.05, 3.63) is 59.7 Å². The Bertz CT molecular complexity index is 844. The highest BCUT2D eigenvalue weighted by molar-refractivity contribution is 7.99. The number of halogens is 2. The fourth-order valence-electron chi connectivity index (χ4n) is 2.15. The van der Waals surface area contributed by atoms with Gasteiger partial charge in [-0.05, 0) is 43.3 Å². The number of amides is 2. The van der Waals surface area contributed by atoms with Crippen molar-refractivity contribution in [1.29, 1.82) is 0 Å². The number of thioether (sulfide) groups is 1. The van der Waals surface area contributed by atoms with Crippen molar-refractivity contribution < 1.29 is 27.9 Å². The second-order valence-electron chi connectivity index (χ2n) is 5.66. The summed E-state index contributed by atoms with van der Waals surface area (Å²) in [4.78, 5) is 35.7. The van der Waals surface area contributed by atoms with E-state index in [-0.39, 0.29) is 6.54 Å². The van der Waals surface area contributed by atoms with E-state index < -0.39 is 30.1 Å². The van der Waals surface area contributed by atoms with Gasteiger partial charge >= 0.3 is 5.97 Å². The lowest BCUT2D eigenvalue weighted by molar-refractivity contribution is -0.146. The number of nitrogens with one attached hydrogen (secondary N) is 2. The molecule has 0 aliphatic heterocycles. The molecule has 2 N–H and O–H groups in total. The minimum Gasteiger partial charge on any atom is -0.454 e. The van der Waals surface area contributed by atoms with E-state index >= 15 is 0 Å². The number of hydrogen-bond acceptors (Lipinski definition) is 5. The maximum Gasteiger partial charge on any atom is 0.325 e. The van der Waals surface area contributed by atoms with Crippen LogP contribution in [0.15, 0.2) is 53.4 Å². The van der Waals surface area contributed by atoms with Crippen molar-refractivity contribution in [2.24, 2.45) is 0 Å². The molecule has 0 radical (unpaired) electrons. The lowest BCUT2D eigenvalue weighted by Gasteiger charge is -2.08. The number of ether oxygens (including phenoxy) is 1. The number of benzene rings is 2. The molecule has 0 aliphatic carbocycles. The zero-order valence-electron chi connectivity index (χ0n) is 14.9. The number of carbonyl (C=O) groups is 3. The van der Waals surface area contributed by atoms with Crippen LogP contribution in [0.1, 0.15) is 15.9 Å². The van der Waals surface area contributed by atoms with Gasteiger partial charge in [0, 0.05) is 16.1 Å². The third-order valence-electron chi connectivity index (χ3n) is 3.40. The van der Waals surface area contributed by atoms with Crippen molar-refractivity contribution in [2.45, 2.75) is 17.6 Å². The molecule has 2 aromatic rings. The Morgan fingerprint density at radius 2 is 1.82 bits per heavy atom. The molecule has 0 saturated carbocycles. The Balaban J connectivity index is 1.71. The van der Waals surface area contributed by atoms with Gasteiger partial charge in [0.15, 0.2) is 6.61 Å². The summed E-state index contributed by atoms with van der Waals surface area (Å²) in [6, 6.07) is 12.7. The number of carbonyl (C=O) groups excluding carboxylic acids is 3. The molecule has 0 fully saturated rings. The minimum absolute atomic E-state index is 0.365. The average Bonchev–Trinajstić information content (AvgIpc) is 2.65. The summed E-state index contributed by atoms with van der Waals surface area (Å²) in [5, 5.41) is 4.89. The summed E-state index contributed by atoms with van der Waals surface area (Å²) in [5.41, 5.74) is 1.71. The number of aryl methyl sites for hydroxylation is 1. The molecule has 6 nitrogen and oxygen atoms in total. The lowest BCUT2D eigenvalue weighted by Crippen LogP contribution is -2.32. The molecule has 0 spiro atoms. The van der Waals surface area contributed by atoms with Gasteiger partial charge in [0.05, 0.1) is 0 Å². The number of rotatable bonds is 8. The van der Waals surface area contributed by atoms with Crippen LogP contribution in [-0.4, -0.2) is 36.7 Å². The molecule has 0 saturated heterocycles. The van der Waals surface area contributed by atoms with Gasteiger partial charge in [0.1, 0.15) is 6.54 Å². The van der Waals surface area contributed by atoms with Crippen molar-refractivity contribution in [1.82, 2.24) is 5.32 Å². The molecule has 9 heteroatoms. The second-order valence-corrected chi connectivity index (χ2v) is 6.73. The fourth-order valence-corrected chi connectivity index (χ4v) is 2.65. The Hall–Kier alpha value is -2.94. The molecule has 2 aromatic carbocycles. The minimum atomic E-state index is -2.52. The molecule has 0 heterocycles. The van der Waals surface area contributed by atoms with Gasteiger partial charge in [-0.25, -0.2) is 0 Å². The molecule has 0 aliphatic rings. The zero-order valence-corrected chi connectivity index (χ0v) is 15.7. The lowest BCUT2D eigenvalue weighted by atomic mass is 10.1. The predicted octanol–water partition coefficient (Wildman–Crippen LogP) is 3.22. The second kappa shape index (κ2) is 10.4. The van der Waals surface area contributed by atoms with Crippen LogP contribution in [0, 0.1) is 6.92 Å². The van der Waals surface area contributed by atoms with Gasteiger partial charge in [-0.3, -0.25) is 14.4 Å². The predicted molar refractivity (Wildman–Crippen MR) is 101 cm³/mol. The van der Waals surface area contributed by atoms with Crippen LogP contribution in [0.4, 0.5) is 14.5 Å². The Morgan fingerprint density at radius 3 is 2.46 bits per heavy atom. The van der Waals surface area contributed by atoms with Crippen molar-refractivity contribution in [3.8, 4) is 0 Å². The van der Waals surface area contributed by atoms with Crippen LogP contribution >= 0.6 is 11.8 Å². The maximum atomic E-state index is 12.3. The molecule has 0 unspecified atom stereocenters. The quantitative estimate of drug-likeness (QED) is 0.518. The molecule has 2 amide bonds. The van der Waals surface area contributed by atoms with Crippen molar-refractivity contribution in [2.75, 3.05) is 18.5 Å². The third-order valence-corrected chi connectivity index (χ3v) is 4.12. The highest BCUT2D eigenvalue weighted by Gasteiger charge is 2.11. The van der Waals surface area contributed by atoms with Crippen molar-refractivity contribution in [3.63, 3.8) is 0 Å². The van der Waals surface area contributed by atoms with Crippen LogP contribution in [-0.2, 0) is 14.3 Å². The summed E-state index contributed by atoms with van der Waals surface area (Å²) in [7, 11) is 0. The van der Waals surface area contributed by atoms with Gasteiger partial charge in [-0.15, -0.1) is 0 Å². The van der Waals surface area contributed by atoms with E-state index in [4.69, 9.17) is 4.74 Å². The number of anilines is 1. The van der Waals surface area contributed by atoms with E-state index in [0.29, 0.717) is 27.9 Å². The Morgan fingerprint density at radius 1 is 1.11 bits per heavy atom. The molecule has 28 heavy (non-hydrogen) atoms. The maximum absolute atomic E-state index is 12.3. The molecule has 0 bridgehead atoms. The fraction of sp³-hybridized carbons (Fsp3) is 0.211. The summed E-state index contributed by atoms with van der Waals surface area (Å²) in [6.45, 7) is 0.932. The first-order chi connectivity index (χ1) is 13.3. The standard InChI is InChI=1S/C19H18F2N2O4S/c1-12-3-2-4-13(9-12)18(26)22-10-17(25)27-11-16(24)23-14-5-7-15(8-6-14)28-19(20)21/h2-9,19H,10-11H2,1H3,(H,22,26)(H,23,24). The zero-order chi connectivity index (χ0) is 20.5. The van der Waals surface area contributed by atoms with Gasteiger partial charge in [-0.1, -0.05) is 29.5 Å². The van der Waals surface area contributed by atoms with E-state index in [1.165, 1.54) is 24.3 Å². The first-order valence-corrected chi connectivity index (χ1v) is 9.06. The monoisotopic (exact) mass is 408 g/mol. The van der Waals surface area contributed by atoms with E-state index in [1.807, 2.05) is 13.0 Å². The first-order valence-electron chi connectivity index (χ1n) is 8.18. The summed E-state index contributed by atoms with van der Waals surface area (Å²) in [6.07, 6.45) is 0. The van der Waals surface area contributed by atoms with Crippen LogP contribution in [0.5, 0.6) is 0 Å². The molecular formula is C19H18F2N2O4S. The Kier molecular flexibility index (Phi) is 7.94. The van der Waals surface area contributed by atoms with Crippen molar-refractivity contribution >= 4 is 35.2 Å². The SMILES string of the molecule is Cc1cccc(C(=O)NCC(=O)OCC(=O)Nc2ccc(SC(F)F)cc2)c1. The van der Waals surface area contributed by atoms with Crippen LogP contribution in [0.25, 0.3) is 0 Å².